The van der Waals surface area contributed by atoms with Gasteiger partial charge in [-0.2, -0.15) is 0 Å². The standard InChI is InChI=1S/C16H28N4O5S2/c1-16(2,3)27(24)19-10-7-5-4-6-9(8-18-20-17)26-15-13(23)11(21)12(22)14(10)25-15/h4-5,9-15,19,21-23H,6-8H2,1-3H3/t9-,10+,11-,12+,13+,14+,15+,27+/m0/s1. The van der Waals surface area contributed by atoms with Gasteiger partial charge in [-0.05, 0) is 39.1 Å². The van der Waals surface area contributed by atoms with Gasteiger partial charge in [-0.1, -0.05) is 17.3 Å². The number of hydrogen-bond donors (Lipinski definition) is 4. The van der Waals surface area contributed by atoms with E-state index in [4.69, 9.17) is 10.3 Å². The van der Waals surface area contributed by atoms with Crippen molar-refractivity contribution in [1.29, 1.82) is 0 Å². The Balaban J connectivity index is 2.26. The minimum atomic E-state index is -1.40. The number of allylic oxidation sites excluding steroid dienone is 1. The number of aliphatic hydroxyl groups excluding tert-OH is 3. The summed E-state index contributed by atoms with van der Waals surface area (Å²) in [6, 6.07) is -0.504. The summed E-state index contributed by atoms with van der Waals surface area (Å²) in [6.07, 6.45) is 0.00542. The Morgan fingerprint density at radius 1 is 1.26 bits per heavy atom. The largest absolute Gasteiger partial charge is 0.598 e. The van der Waals surface area contributed by atoms with E-state index in [2.05, 4.69) is 14.7 Å². The molecule has 8 atom stereocenters. The lowest BCUT2D eigenvalue weighted by molar-refractivity contribution is -0.203. The van der Waals surface area contributed by atoms with E-state index in [0.29, 0.717) is 12.8 Å². The minimum Gasteiger partial charge on any atom is -0.598 e. The van der Waals surface area contributed by atoms with Crippen molar-refractivity contribution in [1.82, 2.24) is 4.72 Å². The molecule has 1 fully saturated rings. The van der Waals surface area contributed by atoms with E-state index < -0.39 is 52.0 Å². The summed E-state index contributed by atoms with van der Waals surface area (Å²) in [7, 11) is 0. The SMILES string of the molecule is CC(C)(C)[S@@+]([O-])N[C@@H]1CC=CC[C@@H](CN=[N+]=[N-])S[C@H]2O[C@H]1[C@H](O)[C@H](O)[C@H]2O. The number of nitrogens with zero attached hydrogens (tertiary/aromatic N) is 3. The molecule has 0 saturated carbocycles. The maximum Gasteiger partial charge on any atom is 0.136 e. The lowest BCUT2D eigenvalue weighted by Crippen LogP contribution is -2.63. The zero-order valence-corrected chi connectivity index (χ0v) is 17.3. The maximum atomic E-state index is 12.5. The third-order valence-corrected chi connectivity index (χ3v) is 7.46. The normalized spacial score (nSPS) is 38.7. The van der Waals surface area contributed by atoms with Crippen LogP contribution in [0.2, 0.25) is 0 Å². The Kier molecular flexibility index (Phi) is 8.29. The van der Waals surface area contributed by atoms with Gasteiger partial charge in [0.2, 0.25) is 0 Å². The monoisotopic (exact) mass is 420 g/mol. The molecule has 2 aliphatic heterocycles. The maximum absolute atomic E-state index is 12.5. The smallest absolute Gasteiger partial charge is 0.136 e. The molecule has 154 valence electrons. The predicted molar refractivity (Wildman–Crippen MR) is 105 cm³/mol. The zero-order chi connectivity index (χ0) is 20.2. The zero-order valence-electron chi connectivity index (χ0n) is 15.6. The molecule has 2 bridgehead atoms. The molecule has 4 N–H and O–H groups in total. The molecule has 0 aromatic heterocycles. The molecule has 0 amide bonds. The summed E-state index contributed by atoms with van der Waals surface area (Å²) in [6.45, 7) is 5.72. The van der Waals surface area contributed by atoms with Gasteiger partial charge in [-0.3, -0.25) is 0 Å². The molecule has 0 aromatic carbocycles. The fraction of sp³-hybridized carbons (Fsp3) is 0.875. The predicted octanol–water partition coefficient (Wildman–Crippen LogP) is 0.976. The molecule has 0 unspecified atom stereocenters. The molecule has 11 heteroatoms. The molecular formula is C16H28N4O5S2. The van der Waals surface area contributed by atoms with Crippen LogP contribution in [-0.4, -0.2) is 72.3 Å². The summed E-state index contributed by atoms with van der Waals surface area (Å²) in [4.78, 5) is 2.77. The lowest BCUT2D eigenvalue weighted by atomic mass is 9.93. The average molecular weight is 421 g/mol. The van der Waals surface area contributed by atoms with Crippen LogP contribution >= 0.6 is 11.8 Å². The molecule has 2 rings (SSSR count). The Hall–Kier alpha value is -0.490. The highest BCUT2D eigenvalue weighted by molar-refractivity contribution is 8.00. The van der Waals surface area contributed by atoms with Crippen molar-refractivity contribution in [2.24, 2.45) is 5.11 Å². The first-order valence-electron chi connectivity index (χ1n) is 8.84. The van der Waals surface area contributed by atoms with Crippen molar-refractivity contribution in [3.05, 3.63) is 22.6 Å². The molecule has 0 aromatic rings. The number of ether oxygens (including phenoxy) is 1. The molecular weight excluding hydrogens is 392 g/mol. The van der Waals surface area contributed by atoms with Crippen LogP contribution in [0.4, 0.5) is 0 Å². The highest BCUT2D eigenvalue weighted by Crippen LogP contribution is 2.35. The molecule has 0 spiro atoms. The Morgan fingerprint density at radius 3 is 2.56 bits per heavy atom. The van der Waals surface area contributed by atoms with E-state index in [1.165, 1.54) is 11.8 Å². The number of nitrogens with one attached hydrogen (secondary N) is 1. The third-order valence-electron chi connectivity index (χ3n) is 4.45. The van der Waals surface area contributed by atoms with Crippen LogP contribution < -0.4 is 4.72 Å². The summed E-state index contributed by atoms with van der Waals surface area (Å²) < 4.78 is 21.0. The highest BCUT2D eigenvalue weighted by Gasteiger charge is 2.48. The Morgan fingerprint density at radius 2 is 1.93 bits per heavy atom. The highest BCUT2D eigenvalue weighted by atomic mass is 32.2. The Bertz CT molecular complexity index is 570. The van der Waals surface area contributed by atoms with E-state index in [1.807, 2.05) is 32.9 Å². The van der Waals surface area contributed by atoms with Crippen LogP contribution in [0.1, 0.15) is 33.6 Å². The number of fused-ring (bicyclic) bond motifs is 2. The van der Waals surface area contributed by atoms with Crippen molar-refractivity contribution >= 4 is 23.1 Å². The molecule has 2 aliphatic rings. The first-order valence-corrected chi connectivity index (χ1v) is 10.9. The summed E-state index contributed by atoms with van der Waals surface area (Å²) in [5.41, 5.74) is 7.75. The van der Waals surface area contributed by atoms with Gasteiger partial charge in [0.15, 0.2) is 0 Å². The Labute approximate surface area is 166 Å². The van der Waals surface area contributed by atoms with Crippen molar-refractivity contribution in [3.63, 3.8) is 0 Å². The second-order valence-electron chi connectivity index (χ2n) is 7.66. The van der Waals surface area contributed by atoms with Gasteiger partial charge in [-0.25, -0.2) is 0 Å². The van der Waals surface area contributed by atoms with Crippen LogP contribution in [0, 0.1) is 0 Å². The van der Waals surface area contributed by atoms with Gasteiger partial charge in [0, 0.05) is 28.1 Å². The average Bonchev–Trinajstić information content (AvgIpc) is 2.61. The van der Waals surface area contributed by atoms with E-state index >= 15 is 0 Å². The molecule has 2 heterocycles. The van der Waals surface area contributed by atoms with E-state index in [-0.39, 0.29) is 11.8 Å². The second kappa shape index (κ2) is 9.82. The van der Waals surface area contributed by atoms with Gasteiger partial charge in [0.05, 0.1) is 6.04 Å². The molecule has 1 saturated heterocycles. The molecule has 27 heavy (non-hydrogen) atoms. The van der Waals surface area contributed by atoms with Gasteiger partial charge < -0.3 is 24.6 Å². The van der Waals surface area contributed by atoms with Gasteiger partial charge in [-0.15, -0.1) is 16.5 Å². The summed E-state index contributed by atoms with van der Waals surface area (Å²) >= 11 is -0.135. The molecule has 9 nitrogen and oxygen atoms in total. The van der Waals surface area contributed by atoms with Crippen molar-refractivity contribution < 1.29 is 24.6 Å². The van der Waals surface area contributed by atoms with Crippen LogP contribution in [0.25, 0.3) is 10.4 Å². The fourth-order valence-corrected chi connectivity index (χ4v) is 4.99. The summed E-state index contributed by atoms with van der Waals surface area (Å²) in [5.74, 6) is 0. The molecule has 0 radical (unpaired) electrons. The third kappa shape index (κ3) is 5.99. The lowest BCUT2D eigenvalue weighted by Gasteiger charge is -2.44. The second-order valence-corrected chi connectivity index (χ2v) is 11.1. The van der Waals surface area contributed by atoms with E-state index in [9.17, 15) is 19.9 Å². The number of azide groups is 1. The van der Waals surface area contributed by atoms with Gasteiger partial charge in [0.1, 0.15) is 34.6 Å². The number of thioether (sulfide) groups is 1. The van der Waals surface area contributed by atoms with Crippen LogP contribution in [0.15, 0.2) is 17.3 Å². The van der Waals surface area contributed by atoms with Crippen LogP contribution in [0.5, 0.6) is 0 Å². The van der Waals surface area contributed by atoms with Gasteiger partial charge >= 0.3 is 0 Å². The van der Waals surface area contributed by atoms with E-state index in [0.717, 1.165) is 0 Å². The number of hydrogen-bond acceptors (Lipinski definition) is 8. The number of aliphatic hydroxyl groups is 3. The first-order chi connectivity index (χ1) is 12.6. The minimum absolute atomic E-state index is 0.131. The quantitative estimate of drug-likeness (QED) is 0.174. The first kappa shape index (κ1) is 22.8. The van der Waals surface area contributed by atoms with Gasteiger partial charge in [0.25, 0.3) is 0 Å². The fourth-order valence-electron chi connectivity index (χ4n) is 2.86. The topological polar surface area (TPSA) is 154 Å². The van der Waals surface area contributed by atoms with Crippen LogP contribution in [-0.2, 0) is 16.1 Å². The number of rotatable bonds is 4. The van der Waals surface area contributed by atoms with Crippen molar-refractivity contribution in [3.8, 4) is 0 Å². The summed E-state index contributed by atoms with van der Waals surface area (Å²) in [5, 5.41) is 34.5. The van der Waals surface area contributed by atoms with Crippen LogP contribution in [0.3, 0.4) is 0 Å². The van der Waals surface area contributed by atoms with Crippen molar-refractivity contribution in [2.45, 2.75) is 79.5 Å². The molecule has 0 aliphatic carbocycles. The van der Waals surface area contributed by atoms with E-state index in [1.54, 1.807) is 0 Å². The van der Waals surface area contributed by atoms with Crippen molar-refractivity contribution in [2.75, 3.05) is 6.54 Å².